The van der Waals surface area contributed by atoms with E-state index in [0.717, 1.165) is 25.9 Å². The molecule has 1 heterocycles. The van der Waals surface area contributed by atoms with Gasteiger partial charge in [-0.05, 0) is 49.4 Å². The topological polar surface area (TPSA) is 20.3 Å². The smallest absolute Gasteiger partial charge is 0.237 e. The van der Waals surface area contributed by atoms with Crippen LogP contribution in [0, 0.1) is 24.7 Å². The fourth-order valence-corrected chi connectivity index (χ4v) is 1.82. The summed E-state index contributed by atoms with van der Waals surface area (Å²) < 4.78 is 13.0. The standard InChI is InChI=1S/C14H14FNO/c1-11-10-12(4-5-13(11)15)14(17)6-9-16-7-2-3-8-16/h4-5,10H,2-3,7-8H2,1H3. The van der Waals surface area contributed by atoms with Crippen molar-refractivity contribution in [3.05, 3.63) is 35.1 Å². The van der Waals surface area contributed by atoms with E-state index < -0.39 is 0 Å². The molecule has 0 radical (unpaired) electrons. The number of rotatable bonds is 1. The number of Topliss-reactive ketones (excluding diaryl/α,β-unsaturated/α-hetero) is 1. The second kappa shape index (κ2) is 5.01. The first-order valence-electron chi connectivity index (χ1n) is 5.74. The maximum atomic E-state index is 13.0. The van der Waals surface area contributed by atoms with Crippen molar-refractivity contribution in [2.45, 2.75) is 19.8 Å². The number of carbonyl (C=O) groups is 1. The number of aryl methyl sites for hydroxylation is 1. The molecule has 0 amide bonds. The zero-order valence-corrected chi connectivity index (χ0v) is 9.79. The molecule has 0 unspecified atom stereocenters. The van der Waals surface area contributed by atoms with Crippen LogP contribution in [0.25, 0.3) is 0 Å². The molecule has 1 aromatic carbocycles. The number of hydrogen-bond donors (Lipinski definition) is 0. The Balaban J connectivity index is 2.11. The minimum Gasteiger partial charge on any atom is -0.332 e. The van der Waals surface area contributed by atoms with E-state index in [2.05, 4.69) is 12.0 Å². The molecule has 3 heteroatoms. The third-order valence-corrected chi connectivity index (χ3v) is 2.85. The van der Waals surface area contributed by atoms with Crippen molar-refractivity contribution in [3.8, 4) is 12.0 Å². The van der Waals surface area contributed by atoms with Gasteiger partial charge in [0.05, 0.1) is 0 Å². The van der Waals surface area contributed by atoms with E-state index in [9.17, 15) is 9.18 Å². The van der Waals surface area contributed by atoms with E-state index in [4.69, 9.17) is 0 Å². The zero-order valence-electron chi connectivity index (χ0n) is 9.79. The molecule has 88 valence electrons. The molecule has 0 N–H and O–H groups in total. The molecule has 0 spiro atoms. The first kappa shape index (κ1) is 11.7. The van der Waals surface area contributed by atoms with Crippen molar-refractivity contribution < 1.29 is 9.18 Å². The summed E-state index contributed by atoms with van der Waals surface area (Å²) in [5.41, 5.74) is 0.925. The SMILES string of the molecule is Cc1cc(C(=O)C#CN2CCCC2)ccc1F. The number of halogens is 1. The maximum Gasteiger partial charge on any atom is 0.237 e. The van der Waals surface area contributed by atoms with Gasteiger partial charge in [-0.3, -0.25) is 4.79 Å². The summed E-state index contributed by atoms with van der Waals surface area (Å²) in [5, 5.41) is 0. The van der Waals surface area contributed by atoms with Gasteiger partial charge in [-0.25, -0.2) is 4.39 Å². The molecule has 0 atom stereocenters. The van der Waals surface area contributed by atoms with Gasteiger partial charge in [0, 0.05) is 24.7 Å². The minimum atomic E-state index is -0.297. The third-order valence-electron chi connectivity index (χ3n) is 2.85. The quantitative estimate of drug-likeness (QED) is 0.546. The predicted octanol–water partition coefficient (Wildman–Crippen LogP) is 2.37. The first-order chi connectivity index (χ1) is 8.16. The predicted molar refractivity (Wildman–Crippen MR) is 64.1 cm³/mol. The van der Waals surface area contributed by atoms with Crippen LogP contribution in [0.2, 0.25) is 0 Å². The number of hydrogen-bond acceptors (Lipinski definition) is 2. The highest BCUT2D eigenvalue weighted by Gasteiger charge is 2.08. The molecule has 1 aliphatic heterocycles. The summed E-state index contributed by atoms with van der Waals surface area (Å²) in [6, 6.07) is 7.17. The highest BCUT2D eigenvalue weighted by molar-refractivity contribution is 6.09. The van der Waals surface area contributed by atoms with Crippen molar-refractivity contribution in [1.82, 2.24) is 4.90 Å². The van der Waals surface area contributed by atoms with Crippen molar-refractivity contribution in [2.24, 2.45) is 0 Å². The summed E-state index contributed by atoms with van der Waals surface area (Å²) in [6.07, 6.45) is 2.27. The molecule has 0 saturated carbocycles. The van der Waals surface area contributed by atoms with Crippen molar-refractivity contribution in [1.29, 1.82) is 0 Å². The van der Waals surface area contributed by atoms with Crippen LogP contribution in [0.15, 0.2) is 18.2 Å². The van der Waals surface area contributed by atoms with Crippen LogP contribution in [-0.4, -0.2) is 23.8 Å². The molecule has 1 aromatic rings. The summed E-state index contributed by atoms with van der Waals surface area (Å²) in [7, 11) is 0. The lowest BCUT2D eigenvalue weighted by atomic mass is 10.1. The molecule has 0 aliphatic carbocycles. The van der Waals surface area contributed by atoms with Crippen LogP contribution in [0.4, 0.5) is 4.39 Å². The zero-order chi connectivity index (χ0) is 12.3. The molecule has 1 fully saturated rings. The lowest BCUT2D eigenvalue weighted by Gasteiger charge is -2.05. The Kier molecular flexibility index (Phi) is 3.43. The molecule has 1 saturated heterocycles. The highest BCUT2D eigenvalue weighted by atomic mass is 19.1. The number of benzene rings is 1. The molecule has 17 heavy (non-hydrogen) atoms. The van der Waals surface area contributed by atoms with Gasteiger partial charge in [-0.2, -0.15) is 0 Å². The third kappa shape index (κ3) is 2.85. The Hall–Kier alpha value is -1.82. The Morgan fingerprint density at radius 2 is 2.06 bits per heavy atom. The van der Waals surface area contributed by atoms with Crippen LogP contribution < -0.4 is 0 Å². The van der Waals surface area contributed by atoms with E-state index in [-0.39, 0.29) is 11.6 Å². The first-order valence-corrected chi connectivity index (χ1v) is 5.74. The average molecular weight is 231 g/mol. The Bertz CT molecular complexity index is 493. The van der Waals surface area contributed by atoms with Crippen LogP contribution >= 0.6 is 0 Å². The number of likely N-dealkylation sites (tertiary alicyclic amines) is 1. The molecule has 1 aliphatic rings. The summed E-state index contributed by atoms with van der Waals surface area (Å²) in [4.78, 5) is 13.7. The van der Waals surface area contributed by atoms with Crippen molar-refractivity contribution in [2.75, 3.05) is 13.1 Å². The van der Waals surface area contributed by atoms with E-state index in [1.54, 1.807) is 6.92 Å². The lowest BCUT2D eigenvalue weighted by molar-refractivity contribution is 0.105. The van der Waals surface area contributed by atoms with Crippen LogP contribution in [-0.2, 0) is 0 Å². The Labute approximate surface area is 100 Å². The highest BCUT2D eigenvalue weighted by Crippen LogP contribution is 2.10. The van der Waals surface area contributed by atoms with Gasteiger partial charge >= 0.3 is 0 Å². The Morgan fingerprint density at radius 1 is 1.35 bits per heavy atom. The number of ketones is 1. The monoisotopic (exact) mass is 231 g/mol. The van der Waals surface area contributed by atoms with E-state index in [1.165, 1.54) is 18.2 Å². The van der Waals surface area contributed by atoms with Gasteiger partial charge in [-0.1, -0.05) is 0 Å². The largest absolute Gasteiger partial charge is 0.332 e. The number of carbonyl (C=O) groups excluding carboxylic acids is 1. The van der Waals surface area contributed by atoms with Gasteiger partial charge in [-0.15, -0.1) is 0 Å². The van der Waals surface area contributed by atoms with Crippen LogP contribution in [0.5, 0.6) is 0 Å². The average Bonchev–Trinajstić information content (AvgIpc) is 2.82. The second-order valence-corrected chi connectivity index (χ2v) is 4.22. The summed E-state index contributed by atoms with van der Waals surface area (Å²) in [6.45, 7) is 3.51. The fraction of sp³-hybridized carbons (Fsp3) is 0.357. The molecule has 2 nitrogen and oxygen atoms in total. The van der Waals surface area contributed by atoms with Gasteiger partial charge in [0.25, 0.3) is 0 Å². The summed E-state index contributed by atoms with van der Waals surface area (Å²) >= 11 is 0. The van der Waals surface area contributed by atoms with Gasteiger partial charge in [0.1, 0.15) is 5.82 Å². The van der Waals surface area contributed by atoms with Gasteiger partial charge in [0.2, 0.25) is 5.78 Å². The maximum absolute atomic E-state index is 13.0. The number of nitrogens with zero attached hydrogens (tertiary/aromatic N) is 1. The molecule has 0 bridgehead atoms. The molecular formula is C14H14FNO. The lowest BCUT2D eigenvalue weighted by Crippen LogP contribution is -2.12. The van der Waals surface area contributed by atoms with E-state index in [0.29, 0.717) is 11.1 Å². The van der Waals surface area contributed by atoms with Crippen molar-refractivity contribution >= 4 is 5.78 Å². The van der Waals surface area contributed by atoms with E-state index >= 15 is 0 Å². The van der Waals surface area contributed by atoms with Crippen LogP contribution in [0.1, 0.15) is 28.8 Å². The van der Waals surface area contributed by atoms with Gasteiger partial charge in [0.15, 0.2) is 0 Å². The molecular weight excluding hydrogens is 217 g/mol. The Morgan fingerprint density at radius 3 is 2.71 bits per heavy atom. The second-order valence-electron chi connectivity index (χ2n) is 4.22. The van der Waals surface area contributed by atoms with Gasteiger partial charge < -0.3 is 4.90 Å². The molecule has 0 aromatic heterocycles. The molecule has 2 rings (SSSR count). The van der Waals surface area contributed by atoms with Crippen LogP contribution in [0.3, 0.4) is 0 Å². The normalized spacial score (nSPS) is 14.4. The summed E-state index contributed by atoms with van der Waals surface area (Å²) in [5.74, 6) is 2.05. The minimum absolute atomic E-state index is 0.250. The van der Waals surface area contributed by atoms with E-state index in [1.807, 2.05) is 4.90 Å². The fourth-order valence-electron chi connectivity index (χ4n) is 1.82. The van der Waals surface area contributed by atoms with Crippen molar-refractivity contribution in [3.63, 3.8) is 0 Å².